The van der Waals surface area contributed by atoms with Gasteiger partial charge in [0.05, 0.1) is 23.6 Å². The van der Waals surface area contributed by atoms with Crippen molar-refractivity contribution in [1.29, 1.82) is 0 Å². The van der Waals surface area contributed by atoms with Crippen molar-refractivity contribution in [1.82, 2.24) is 4.90 Å². The van der Waals surface area contributed by atoms with Gasteiger partial charge in [-0.05, 0) is 49.1 Å². The number of urea groups is 1. The van der Waals surface area contributed by atoms with Gasteiger partial charge in [-0.2, -0.15) is 0 Å². The molecule has 2 saturated heterocycles. The van der Waals surface area contributed by atoms with Crippen LogP contribution in [0, 0.1) is 13.8 Å². The lowest BCUT2D eigenvalue weighted by molar-refractivity contribution is 0.205. The van der Waals surface area contributed by atoms with Gasteiger partial charge in [0.25, 0.3) is 0 Å². The van der Waals surface area contributed by atoms with E-state index in [1.807, 2.05) is 38.1 Å². The minimum Gasteiger partial charge on any atom is -0.314 e. The highest BCUT2D eigenvalue weighted by molar-refractivity contribution is 7.91. The fourth-order valence-electron chi connectivity index (χ4n) is 4.31. The number of carbonyl (C=O) groups excluding carboxylic acids is 1. The molecule has 2 unspecified atom stereocenters. The number of sulfone groups is 1. The third-order valence-corrected chi connectivity index (χ3v) is 7.64. The van der Waals surface area contributed by atoms with E-state index in [1.165, 1.54) is 5.56 Å². The average molecular weight is 399 g/mol. The van der Waals surface area contributed by atoms with Crippen LogP contribution in [0.25, 0.3) is 0 Å². The molecule has 0 radical (unpaired) electrons. The average Bonchev–Trinajstić information content (AvgIpc) is 3.09. The smallest absolute Gasteiger partial charge is 0.314 e. The van der Waals surface area contributed by atoms with Crippen LogP contribution in [-0.4, -0.2) is 42.9 Å². The molecule has 2 aliphatic rings. The molecule has 0 spiro atoms. The second kappa shape index (κ2) is 6.92. The van der Waals surface area contributed by atoms with Crippen molar-refractivity contribution in [3.63, 3.8) is 0 Å². The Balaban J connectivity index is 1.71. The van der Waals surface area contributed by atoms with Crippen molar-refractivity contribution < 1.29 is 13.2 Å². The Morgan fingerprint density at radius 2 is 1.68 bits per heavy atom. The van der Waals surface area contributed by atoms with Gasteiger partial charge in [0.1, 0.15) is 0 Å². The van der Waals surface area contributed by atoms with E-state index in [0.29, 0.717) is 6.54 Å². The summed E-state index contributed by atoms with van der Waals surface area (Å²) >= 11 is 0. The molecule has 4 rings (SSSR count). The van der Waals surface area contributed by atoms with E-state index in [1.54, 1.807) is 9.80 Å². The summed E-state index contributed by atoms with van der Waals surface area (Å²) in [5, 5.41) is 0. The molecule has 2 heterocycles. The van der Waals surface area contributed by atoms with E-state index >= 15 is 0 Å². The molecule has 0 bridgehead atoms. The van der Waals surface area contributed by atoms with Crippen LogP contribution in [0.15, 0.2) is 42.5 Å². The second-order valence-electron chi connectivity index (χ2n) is 7.94. The topological polar surface area (TPSA) is 57.7 Å². The molecular formula is C22H26N2O3S. The normalized spacial score (nSPS) is 23.3. The first-order valence-corrected chi connectivity index (χ1v) is 11.6. The predicted octanol–water partition coefficient (Wildman–Crippen LogP) is 3.47. The molecule has 0 N–H and O–H groups in total. The van der Waals surface area contributed by atoms with Crippen LogP contribution in [0.5, 0.6) is 0 Å². The molecule has 2 fully saturated rings. The Bertz CT molecular complexity index is 1010. The van der Waals surface area contributed by atoms with Gasteiger partial charge in [-0.1, -0.05) is 42.8 Å². The monoisotopic (exact) mass is 398 g/mol. The molecule has 5 nitrogen and oxygen atoms in total. The molecule has 2 aliphatic heterocycles. The van der Waals surface area contributed by atoms with Gasteiger partial charge >= 0.3 is 6.03 Å². The zero-order valence-electron chi connectivity index (χ0n) is 16.6. The summed E-state index contributed by atoms with van der Waals surface area (Å²) in [5.41, 5.74) is 5.28. The van der Waals surface area contributed by atoms with Crippen LogP contribution in [0.4, 0.5) is 10.5 Å². The minimum absolute atomic E-state index is 0.0300. The van der Waals surface area contributed by atoms with Crippen molar-refractivity contribution in [2.45, 2.75) is 45.8 Å². The summed E-state index contributed by atoms with van der Waals surface area (Å²) in [5.74, 6) is 0.0695. The summed E-state index contributed by atoms with van der Waals surface area (Å²) in [6.45, 7) is 6.58. The summed E-state index contributed by atoms with van der Waals surface area (Å²) in [7, 11) is -3.16. The summed E-state index contributed by atoms with van der Waals surface area (Å²) in [6, 6.07) is 13.3. The van der Waals surface area contributed by atoms with Crippen molar-refractivity contribution in [2.24, 2.45) is 0 Å². The maximum absolute atomic E-state index is 13.3. The minimum atomic E-state index is -3.16. The van der Waals surface area contributed by atoms with E-state index < -0.39 is 9.84 Å². The Morgan fingerprint density at radius 1 is 1.00 bits per heavy atom. The van der Waals surface area contributed by atoms with E-state index in [0.717, 1.165) is 28.8 Å². The first kappa shape index (κ1) is 19.0. The van der Waals surface area contributed by atoms with Crippen LogP contribution in [0.1, 0.15) is 29.2 Å². The Kier molecular flexibility index (Phi) is 4.70. The first-order chi connectivity index (χ1) is 13.3. The van der Waals surface area contributed by atoms with Gasteiger partial charge in [0.15, 0.2) is 9.84 Å². The highest BCUT2D eigenvalue weighted by atomic mass is 32.2. The number of nitrogens with zero attached hydrogens (tertiary/aromatic N) is 2. The molecule has 2 atom stereocenters. The van der Waals surface area contributed by atoms with E-state index in [2.05, 4.69) is 25.1 Å². The van der Waals surface area contributed by atoms with Gasteiger partial charge in [0, 0.05) is 12.2 Å². The van der Waals surface area contributed by atoms with Crippen LogP contribution in [0.3, 0.4) is 0 Å². The largest absolute Gasteiger partial charge is 0.325 e. The van der Waals surface area contributed by atoms with Crippen LogP contribution in [0.2, 0.25) is 0 Å². The molecule has 0 saturated carbocycles. The molecule has 6 heteroatoms. The maximum Gasteiger partial charge on any atom is 0.325 e. The van der Waals surface area contributed by atoms with E-state index in [9.17, 15) is 13.2 Å². The number of fused-ring (bicyclic) bond motifs is 1. The van der Waals surface area contributed by atoms with Crippen LogP contribution < -0.4 is 4.90 Å². The SMILES string of the molecule is CCc1ccc(N2C(=O)N(Cc3cc(C)ccc3C)C3CS(=O)(=O)CC32)cc1. The lowest BCUT2D eigenvalue weighted by Gasteiger charge is -2.23. The van der Waals surface area contributed by atoms with Gasteiger partial charge < -0.3 is 4.90 Å². The molecule has 2 aromatic carbocycles. The third kappa shape index (κ3) is 3.30. The van der Waals surface area contributed by atoms with Crippen molar-refractivity contribution in [3.8, 4) is 0 Å². The zero-order valence-corrected chi connectivity index (χ0v) is 17.4. The van der Waals surface area contributed by atoms with Gasteiger partial charge in [-0.25, -0.2) is 13.2 Å². The van der Waals surface area contributed by atoms with Gasteiger partial charge in [-0.3, -0.25) is 4.90 Å². The standard InChI is InChI=1S/C22H26N2O3S/c1-4-17-7-9-19(10-8-17)24-21-14-28(26,27)13-20(21)23(22(24)25)12-18-11-15(2)5-6-16(18)3/h5-11,20-21H,4,12-14H2,1-3H3. The Morgan fingerprint density at radius 3 is 2.36 bits per heavy atom. The number of anilines is 1. The lowest BCUT2D eigenvalue weighted by Crippen LogP contribution is -2.37. The van der Waals surface area contributed by atoms with E-state index in [-0.39, 0.29) is 29.6 Å². The molecule has 2 aromatic rings. The van der Waals surface area contributed by atoms with Crippen molar-refractivity contribution >= 4 is 21.6 Å². The molecule has 0 aromatic heterocycles. The fourth-order valence-corrected chi connectivity index (χ4v) is 6.26. The van der Waals surface area contributed by atoms with Gasteiger partial charge in [0.2, 0.25) is 0 Å². The summed E-state index contributed by atoms with van der Waals surface area (Å²) in [6.07, 6.45) is 0.924. The number of hydrogen-bond acceptors (Lipinski definition) is 3. The maximum atomic E-state index is 13.3. The Hall–Kier alpha value is -2.34. The summed E-state index contributed by atoms with van der Waals surface area (Å²) < 4.78 is 24.8. The number of amides is 2. The highest BCUT2D eigenvalue weighted by Crippen LogP contribution is 2.36. The second-order valence-corrected chi connectivity index (χ2v) is 10.1. The first-order valence-electron chi connectivity index (χ1n) is 9.74. The molecular weight excluding hydrogens is 372 g/mol. The fraction of sp³-hybridized carbons (Fsp3) is 0.409. The summed E-state index contributed by atoms with van der Waals surface area (Å²) in [4.78, 5) is 16.8. The number of hydrogen-bond donors (Lipinski definition) is 0. The van der Waals surface area contributed by atoms with Crippen molar-refractivity contribution in [2.75, 3.05) is 16.4 Å². The number of rotatable bonds is 4. The number of benzene rings is 2. The van der Waals surface area contributed by atoms with Crippen LogP contribution >= 0.6 is 0 Å². The lowest BCUT2D eigenvalue weighted by atomic mass is 10.0. The highest BCUT2D eigenvalue weighted by Gasteiger charge is 2.53. The third-order valence-electron chi connectivity index (χ3n) is 5.95. The Labute approximate surface area is 166 Å². The molecule has 28 heavy (non-hydrogen) atoms. The quantitative estimate of drug-likeness (QED) is 0.741. The molecule has 0 aliphatic carbocycles. The van der Waals surface area contributed by atoms with Crippen LogP contribution in [-0.2, 0) is 22.8 Å². The number of aryl methyl sites for hydroxylation is 3. The van der Waals surface area contributed by atoms with Crippen molar-refractivity contribution in [3.05, 3.63) is 64.7 Å². The molecule has 148 valence electrons. The zero-order chi connectivity index (χ0) is 20.1. The number of carbonyl (C=O) groups is 1. The molecule has 2 amide bonds. The van der Waals surface area contributed by atoms with Gasteiger partial charge in [-0.15, -0.1) is 0 Å². The van der Waals surface area contributed by atoms with E-state index in [4.69, 9.17) is 0 Å². The predicted molar refractivity (Wildman–Crippen MR) is 111 cm³/mol.